The van der Waals surface area contributed by atoms with Crippen LogP contribution in [0.3, 0.4) is 0 Å². The number of aromatic amines is 1. The third-order valence-corrected chi connectivity index (χ3v) is 2.18. The Morgan fingerprint density at radius 2 is 2.12 bits per heavy atom. The van der Waals surface area contributed by atoms with Gasteiger partial charge >= 0.3 is 0 Å². The van der Waals surface area contributed by atoms with Crippen LogP contribution in [-0.2, 0) is 0 Å². The average molecular weight is 230 g/mol. The van der Waals surface area contributed by atoms with Gasteiger partial charge in [-0.1, -0.05) is 36.4 Å². The van der Waals surface area contributed by atoms with Gasteiger partial charge in [-0.05, 0) is 23.9 Å². The molecule has 1 aromatic heterocycles. The van der Waals surface area contributed by atoms with Crippen molar-refractivity contribution >= 4 is 24.5 Å². The molecule has 0 fully saturated rings. The van der Waals surface area contributed by atoms with Crippen LogP contribution in [0.2, 0.25) is 0 Å². The number of nitrogens with one attached hydrogen (secondary N) is 1. The van der Waals surface area contributed by atoms with Gasteiger partial charge in [0, 0.05) is 6.21 Å². The lowest BCUT2D eigenvalue weighted by Gasteiger charge is -1.89. The molecular weight excluding hydrogens is 220 g/mol. The molecule has 0 amide bonds. The maximum absolute atomic E-state index is 4.94. The Labute approximate surface area is 97.9 Å². The summed E-state index contributed by atoms with van der Waals surface area (Å²) in [5.41, 5.74) is 1.13. The lowest BCUT2D eigenvalue weighted by molar-refractivity contribution is 0.863. The van der Waals surface area contributed by atoms with Gasteiger partial charge in [0.1, 0.15) is 6.33 Å². The Morgan fingerprint density at radius 1 is 1.31 bits per heavy atom. The van der Waals surface area contributed by atoms with E-state index in [0.29, 0.717) is 4.77 Å². The number of benzene rings is 1. The first kappa shape index (κ1) is 10.5. The monoisotopic (exact) mass is 230 g/mol. The molecule has 0 radical (unpaired) electrons. The molecule has 2 rings (SSSR count). The Morgan fingerprint density at radius 3 is 2.81 bits per heavy atom. The van der Waals surface area contributed by atoms with Crippen LogP contribution >= 0.6 is 12.2 Å². The second kappa shape index (κ2) is 5.18. The van der Waals surface area contributed by atoms with Gasteiger partial charge in [-0.25, -0.2) is 0 Å². The molecular formula is C11H10N4S. The van der Waals surface area contributed by atoms with E-state index in [-0.39, 0.29) is 0 Å². The first-order valence-electron chi connectivity index (χ1n) is 4.74. The van der Waals surface area contributed by atoms with Gasteiger partial charge in [0.2, 0.25) is 4.77 Å². The number of aromatic nitrogens is 3. The predicted molar refractivity (Wildman–Crippen MR) is 66.8 cm³/mol. The van der Waals surface area contributed by atoms with Crippen LogP contribution in [0, 0.1) is 4.77 Å². The van der Waals surface area contributed by atoms with Crippen molar-refractivity contribution in [2.45, 2.75) is 0 Å². The number of hydrogen-bond acceptors (Lipinski definition) is 3. The van der Waals surface area contributed by atoms with Gasteiger partial charge in [-0.3, -0.25) is 5.10 Å². The molecule has 2 aromatic rings. The van der Waals surface area contributed by atoms with Gasteiger partial charge < -0.3 is 0 Å². The molecule has 0 aliphatic heterocycles. The van der Waals surface area contributed by atoms with Crippen molar-refractivity contribution in [3.63, 3.8) is 0 Å². The van der Waals surface area contributed by atoms with E-state index in [1.165, 1.54) is 11.0 Å². The Hall–Kier alpha value is -2.01. The Balaban J connectivity index is 2.03. The van der Waals surface area contributed by atoms with Crippen molar-refractivity contribution in [3.05, 3.63) is 53.1 Å². The summed E-state index contributed by atoms with van der Waals surface area (Å²) in [6.07, 6.45) is 7.00. The minimum atomic E-state index is 0.476. The van der Waals surface area contributed by atoms with Gasteiger partial charge in [0.05, 0.1) is 0 Å². The van der Waals surface area contributed by atoms with E-state index in [0.717, 1.165) is 5.56 Å². The van der Waals surface area contributed by atoms with Crippen molar-refractivity contribution in [1.29, 1.82) is 0 Å². The van der Waals surface area contributed by atoms with E-state index >= 15 is 0 Å². The predicted octanol–water partition coefficient (Wildman–Crippen LogP) is 2.49. The summed E-state index contributed by atoms with van der Waals surface area (Å²) in [5.74, 6) is 0. The maximum atomic E-state index is 4.94. The van der Waals surface area contributed by atoms with Gasteiger partial charge in [-0.15, -0.1) is 0 Å². The lowest BCUT2D eigenvalue weighted by atomic mass is 10.2. The van der Waals surface area contributed by atoms with Crippen molar-refractivity contribution in [3.8, 4) is 0 Å². The number of rotatable bonds is 3. The number of hydrogen-bond donors (Lipinski definition) is 1. The molecule has 0 aliphatic carbocycles. The molecule has 16 heavy (non-hydrogen) atoms. The molecule has 4 nitrogen and oxygen atoms in total. The maximum Gasteiger partial charge on any atom is 0.216 e. The zero-order valence-electron chi connectivity index (χ0n) is 8.45. The summed E-state index contributed by atoms with van der Waals surface area (Å²) in [7, 11) is 0. The normalized spacial score (nSPS) is 11.5. The highest BCUT2D eigenvalue weighted by atomic mass is 32.1. The summed E-state index contributed by atoms with van der Waals surface area (Å²) in [6, 6.07) is 10.0. The largest absolute Gasteiger partial charge is 0.250 e. The summed E-state index contributed by atoms with van der Waals surface area (Å²) in [5, 5.41) is 10.5. The lowest BCUT2D eigenvalue weighted by Crippen LogP contribution is -1.85. The second-order valence-corrected chi connectivity index (χ2v) is 3.43. The molecule has 1 aromatic carbocycles. The molecule has 0 unspecified atom stereocenters. The van der Waals surface area contributed by atoms with Crippen LogP contribution in [0.25, 0.3) is 6.08 Å². The van der Waals surface area contributed by atoms with Crippen molar-refractivity contribution in [1.82, 2.24) is 14.9 Å². The van der Waals surface area contributed by atoms with Gasteiger partial charge in [0.15, 0.2) is 0 Å². The topological polar surface area (TPSA) is 46.0 Å². The molecule has 1 heterocycles. The van der Waals surface area contributed by atoms with E-state index in [4.69, 9.17) is 12.2 Å². The minimum Gasteiger partial charge on any atom is -0.250 e. The van der Waals surface area contributed by atoms with Crippen LogP contribution in [0.4, 0.5) is 0 Å². The molecule has 5 heteroatoms. The van der Waals surface area contributed by atoms with Gasteiger partial charge in [0.25, 0.3) is 0 Å². The highest BCUT2D eigenvalue weighted by Crippen LogP contribution is 1.99. The van der Waals surface area contributed by atoms with Crippen molar-refractivity contribution in [2.24, 2.45) is 5.10 Å². The highest BCUT2D eigenvalue weighted by molar-refractivity contribution is 7.71. The van der Waals surface area contributed by atoms with Crippen molar-refractivity contribution < 1.29 is 0 Å². The first-order valence-corrected chi connectivity index (χ1v) is 5.15. The first-order chi connectivity index (χ1) is 7.86. The van der Waals surface area contributed by atoms with Crippen LogP contribution in [0.15, 0.2) is 47.8 Å². The molecule has 80 valence electrons. The van der Waals surface area contributed by atoms with Gasteiger partial charge in [-0.2, -0.15) is 14.9 Å². The number of allylic oxidation sites excluding steroid dienone is 1. The second-order valence-electron chi connectivity index (χ2n) is 3.04. The van der Waals surface area contributed by atoms with E-state index in [1.807, 2.05) is 42.5 Å². The quantitative estimate of drug-likeness (QED) is 0.650. The molecule has 0 atom stereocenters. The van der Waals surface area contributed by atoms with E-state index in [9.17, 15) is 0 Å². The zero-order chi connectivity index (χ0) is 11.2. The zero-order valence-corrected chi connectivity index (χ0v) is 9.26. The average Bonchev–Trinajstić information content (AvgIpc) is 2.72. The van der Waals surface area contributed by atoms with E-state index in [2.05, 4.69) is 15.3 Å². The number of nitrogens with zero attached hydrogens (tertiary/aromatic N) is 3. The minimum absolute atomic E-state index is 0.476. The standard InChI is InChI=1S/C11H10N4S/c16-11-14-12-9-15(11)13-8-4-7-10-5-2-1-3-6-10/h1-9H,(H,14,16). The van der Waals surface area contributed by atoms with Crippen LogP contribution in [0.1, 0.15) is 5.56 Å². The summed E-state index contributed by atoms with van der Waals surface area (Å²) < 4.78 is 1.97. The molecule has 0 saturated heterocycles. The van der Waals surface area contributed by atoms with Crippen LogP contribution in [-0.4, -0.2) is 21.1 Å². The number of H-pyrrole nitrogens is 1. The van der Waals surface area contributed by atoms with Crippen molar-refractivity contribution in [2.75, 3.05) is 0 Å². The third-order valence-electron chi connectivity index (χ3n) is 1.90. The third kappa shape index (κ3) is 2.74. The highest BCUT2D eigenvalue weighted by Gasteiger charge is 1.85. The Kier molecular flexibility index (Phi) is 3.40. The molecule has 1 N–H and O–H groups in total. The molecule has 0 saturated carbocycles. The fourth-order valence-corrected chi connectivity index (χ4v) is 1.30. The van der Waals surface area contributed by atoms with Crippen LogP contribution in [0.5, 0.6) is 0 Å². The molecule has 0 bridgehead atoms. The summed E-state index contributed by atoms with van der Waals surface area (Å²) in [6.45, 7) is 0. The summed E-state index contributed by atoms with van der Waals surface area (Å²) in [4.78, 5) is 0. The molecule has 0 spiro atoms. The summed E-state index contributed by atoms with van der Waals surface area (Å²) >= 11 is 4.94. The fourth-order valence-electron chi connectivity index (χ4n) is 1.15. The van der Waals surface area contributed by atoms with E-state index < -0.39 is 0 Å². The SMILES string of the molecule is S=c1[nH]ncn1N=CC=Cc1ccccc1. The fraction of sp³-hybridized carbons (Fsp3) is 0. The van der Waals surface area contributed by atoms with E-state index in [1.54, 1.807) is 6.21 Å². The smallest absolute Gasteiger partial charge is 0.216 e. The van der Waals surface area contributed by atoms with Crippen LogP contribution < -0.4 is 0 Å². The Bertz CT molecular complexity index is 551. The molecule has 0 aliphatic rings.